The van der Waals surface area contributed by atoms with E-state index in [0.29, 0.717) is 23.0 Å². The monoisotopic (exact) mass is 386 g/mol. The number of benzene rings is 2. The second-order valence-electron chi connectivity index (χ2n) is 5.24. The molecule has 3 rings (SSSR count). The molecule has 122 valence electrons. The van der Waals surface area contributed by atoms with Gasteiger partial charge in [0.1, 0.15) is 0 Å². The maximum absolute atomic E-state index is 12.2. The lowest BCUT2D eigenvalue weighted by Gasteiger charge is -2.11. The molecule has 0 N–H and O–H groups in total. The van der Waals surface area contributed by atoms with E-state index in [1.54, 1.807) is 24.3 Å². The first kappa shape index (κ1) is 16.4. The van der Waals surface area contributed by atoms with Gasteiger partial charge in [0, 0.05) is 10.9 Å². The van der Waals surface area contributed by atoms with Gasteiger partial charge in [0.05, 0.1) is 17.8 Å². The Hall–Kier alpha value is -2.47. The molecular formula is C18H15BrN2O3. The third kappa shape index (κ3) is 3.71. The quantitative estimate of drug-likeness (QED) is 0.757. The van der Waals surface area contributed by atoms with E-state index in [4.69, 9.17) is 4.74 Å². The number of halogens is 1. The highest BCUT2D eigenvalue weighted by Crippen LogP contribution is 2.17. The fourth-order valence-corrected chi connectivity index (χ4v) is 2.82. The molecule has 0 unspecified atom stereocenters. The van der Waals surface area contributed by atoms with Crippen LogP contribution in [0.5, 0.6) is 0 Å². The van der Waals surface area contributed by atoms with Crippen LogP contribution in [-0.4, -0.2) is 35.7 Å². The first-order valence-electron chi connectivity index (χ1n) is 7.50. The molecule has 0 saturated carbocycles. The Labute approximate surface area is 148 Å². The Balaban J connectivity index is 1.59. The van der Waals surface area contributed by atoms with Crippen LogP contribution in [0.2, 0.25) is 0 Å². The molecule has 1 aliphatic heterocycles. The van der Waals surface area contributed by atoms with Crippen molar-refractivity contribution in [3.05, 3.63) is 70.2 Å². The normalized spacial score (nSPS) is 13.5. The van der Waals surface area contributed by atoms with Gasteiger partial charge in [-0.3, -0.25) is 4.79 Å². The number of carbonyl (C=O) groups excluding carboxylic acids is 2. The summed E-state index contributed by atoms with van der Waals surface area (Å²) >= 11 is 3.29. The SMILES string of the molecule is O=C(OCC(=O)N1CCC(c2ccccc2)=N1)c1ccccc1Br. The predicted octanol–water partition coefficient (Wildman–Crippen LogP) is 3.24. The molecule has 1 amide bonds. The average Bonchev–Trinajstić information content (AvgIpc) is 3.11. The Morgan fingerprint density at radius 2 is 1.79 bits per heavy atom. The topological polar surface area (TPSA) is 59.0 Å². The van der Waals surface area contributed by atoms with Crippen LogP contribution in [0.1, 0.15) is 22.3 Å². The summed E-state index contributed by atoms with van der Waals surface area (Å²) in [5.41, 5.74) is 2.25. The van der Waals surface area contributed by atoms with Gasteiger partial charge in [0.2, 0.25) is 0 Å². The van der Waals surface area contributed by atoms with Crippen molar-refractivity contribution in [1.82, 2.24) is 5.01 Å². The van der Waals surface area contributed by atoms with Gasteiger partial charge in [0.25, 0.3) is 5.91 Å². The Bertz CT molecular complexity index is 790. The van der Waals surface area contributed by atoms with Gasteiger partial charge >= 0.3 is 5.97 Å². The lowest BCUT2D eigenvalue weighted by molar-refractivity contribution is -0.134. The van der Waals surface area contributed by atoms with Crippen molar-refractivity contribution in [2.45, 2.75) is 6.42 Å². The molecular weight excluding hydrogens is 372 g/mol. The van der Waals surface area contributed by atoms with Crippen LogP contribution in [0.25, 0.3) is 0 Å². The average molecular weight is 387 g/mol. The molecule has 0 spiro atoms. The van der Waals surface area contributed by atoms with Crippen molar-refractivity contribution in [3.63, 3.8) is 0 Å². The Morgan fingerprint density at radius 1 is 1.08 bits per heavy atom. The van der Waals surface area contributed by atoms with E-state index >= 15 is 0 Å². The zero-order valence-corrected chi connectivity index (χ0v) is 14.4. The van der Waals surface area contributed by atoms with Crippen molar-refractivity contribution >= 4 is 33.5 Å². The van der Waals surface area contributed by atoms with E-state index in [1.165, 1.54) is 5.01 Å². The summed E-state index contributed by atoms with van der Waals surface area (Å²) in [4.78, 5) is 24.2. The highest BCUT2D eigenvalue weighted by atomic mass is 79.9. The first-order valence-corrected chi connectivity index (χ1v) is 8.29. The van der Waals surface area contributed by atoms with Crippen LogP contribution < -0.4 is 0 Å². The molecule has 6 heteroatoms. The van der Waals surface area contributed by atoms with E-state index in [-0.39, 0.29) is 12.5 Å². The second kappa shape index (κ2) is 7.40. The van der Waals surface area contributed by atoms with Crippen LogP contribution >= 0.6 is 15.9 Å². The van der Waals surface area contributed by atoms with Crippen LogP contribution in [0.4, 0.5) is 0 Å². The van der Waals surface area contributed by atoms with Crippen LogP contribution in [-0.2, 0) is 9.53 Å². The molecule has 0 aliphatic carbocycles. The number of ether oxygens (including phenoxy) is 1. The second-order valence-corrected chi connectivity index (χ2v) is 6.09. The van der Waals surface area contributed by atoms with Gasteiger partial charge in [-0.15, -0.1) is 0 Å². The van der Waals surface area contributed by atoms with Gasteiger partial charge < -0.3 is 4.74 Å². The standard InChI is InChI=1S/C18H15BrN2O3/c19-15-9-5-4-8-14(15)18(23)24-12-17(22)21-11-10-16(20-21)13-6-2-1-3-7-13/h1-9H,10-12H2. The van der Waals surface area contributed by atoms with Gasteiger partial charge in [-0.2, -0.15) is 5.10 Å². The Kier molecular flexibility index (Phi) is 5.05. The number of hydrazone groups is 1. The molecule has 0 radical (unpaired) electrons. The van der Waals surface area contributed by atoms with E-state index in [9.17, 15) is 9.59 Å². The van der Waals surface area contributed by atoms with Gasteiger partial charge in [-0.05, 0) is 33.6 Å². The Morgan fingerprint density at radius 3 is 2.54 bits per heavy atom. The highest BCUT2D eigenvalue weighted by molar-refractivity contribution is 9.10. The van der Waals surface area contributed by atoms with Crippen molar-refractivity contribution in [1.29, 1.82) is 0 Å². The number of amides is 1. The zero-order valence-electron chi connectivity index (χ0n) is 12.8. The minimum atomic E-state index is -0.540. The number of nitrogens with zero attached hydrogens (tertiary/aromatic N) is 2. The van der Waals surface area contributed by atoms with Gasteiger partial charge in [-0.1, -0.05) is 42.5 Å². The summed E-state index contributed by atoms with van der Waals surface area (Å²) in [7, 11) is 0. The third-order valence-corrected chi connectivity index (χ3v) is 4.31. The predicted molar refractivity (Wildman–Crippen MR) is 93.7 cm³/mol. The lowest BCUT2D eigenvalue weighted by atomic mass is 10.1. The molecule has 1 aliphatic rings. The smallest absolute Gasteiger partial charge is 0.339 e. The summed E-state index contributed by atoms with van der Waals surface area (Å²) in [6, 6.07) is 16.6. The summed E-state index contributed by atoms with van der Waals surface area (Å²) < 4.78 is 5.73. The number of carbonyl (C=O) groups is 2. The number of rotatable bonds is 4. The minimum Gasteiger partial charge on any atom is -0.452 e. The van der Waals surface area contributed by atoms with Crippen molar-refractivity contribution in [2.75, 3.05) is 13.2 Å². The third-order valence-electron chi connectivity index (χ3n) is 3.62. The molecule has 24 heavy (non-hydrogen) atoms. The summed E-state index contributed by atoms with van der Waals surface area (Å²) in [6.07, 6.45) is 0.688. The largest absolute Gasteiger partial charge is 0.452 e. The number of hydrogen-bond donors (Lipinski definition) is 0. The van der Waals surface area contributed by atoms with E-state index in [1.807, 2.05) is 30.3 Å². The molecule has 0 aromatic heterocycles. The summed E-state index contributed by atoms with van der Waals surface area (Å²) in [5.74, 6) is -0.872. The van der Waals surface area contributed by atoms with Crippen molar-refractivity contribution < 1.29 is 14.3 Å². The zero-order chi connectivity index (χ0) is 16.9. The minimum absolute atomic E-state index is 0.328. The number of esters is 1. The fraction of sp³-hybridized carbons (Fsp3) is 0.167. The summed E-state index contributed by atoms with van der Waals surface area (Å²) in [6.45, 7) is 0.168. The first-order chi connectivity index (χ1) is 11.6. The fourth-order valence-electron chi connectivity index (χ4n) is 2.38. The summed E-state index contributed by atoms with van der Waals surface area (Å²) in [5, 5.41) is 5.68. The van der Waals surface area contributed by atoms with E-state index < -0.39 is 5.97 Å². The molecule has 2 aromatic rings. The van der Waals surface area contributed by atoms with Crippen LogP contribution in [0.15, 0.2) is 64.2 Å². The maximum atomic E-state index is 12.2. The van der Waals surface area contributed by atoms with Crippen LogP contribution in [0.3, 0.4) is 0 Å². The molecule has 0 saturated heterocycles. The molecule has 1 heterocycles. The maximum Gasteiger partial charge on any atom is 0.339 e. The van der Waals surface area contributed by atoms with Gasteiger partial charge in [0.15, 0.2) is 6.61 Å². The molecule has 2 aromatic carbocycles. The van der Waals surface area contributed by atoms with Gasteiger partial charge in [-0.25, -0.2) is 9.80 Å². The number of hydrogen-bond acceptors (Lipinski definition) is 4. The van der Waals surface area contributed by atoms with E-state index in [0.717, 1.165) is 11.3 Å². The molecule has 0 bridgehead atoms. The molecule has 0 atom stereocenters. The van der Waals surface area contributed by atoms with Crippen molar-refractivity contribution in [2.24, 2.45) is 5.10 Å². The molecule has 0 fully saturated rings. The van der Waals surface area contributed by atoms with Crippen molar-refractivity contribution in [3.8, 4) is 0 Å². The lowest BCUT2D eigenvalue weighted by Crippen LogP contribution is -2.28. The van der Waals surface area contributed by atoms with Crippen LogP contribution in [0, 0.1) is 0 Å². The molecule has 5 nitrogen and oxygen atoms in total. The van der Waals surface area contributed by atoms with E-state index in [2.05, 4.69) is 21.0 Å². The highest BCUT2D eigenvalue weighted by Gasteiger charge is 2.23.